The summed E-state index contributed by atoms with van der Waals surface area (Å²) in [7, 11) is 0. The highest BCUT2D eigenvalue weighted by molar-refractivity contribution is 6.35. The summed E-state index contributed by atoms with van der Waals surface area (Å²) in [6.07, 6.45) is 0.827. The molecule has 1 aliphatic rings. The molecule has 0 radical (unpaired) electrons. The molecule has 23 heavy (non-hydrogen) atoms. The number of alkyl carbamates (subject to hydrolysis) is 1. The van der Waals surface area contributed by atoms with Crippen molar-refractivity contribution in [3.05, 3.63) is 33.8 Å². The lowest BCUT2D eigenvalue weighted by atomic mass is 10.0. The SMILES string of the molecule is O=C(NC1CCN(C(=O)c2cc(Cl)ccc2Cl)CC1)OCCCl. The standard InChI is InChI=1S/C15H17Cl3N2O3/c16-5-8-23-15(22)19-11-3-6-20(7-4-11)14(21)12-9-10(17)1-2-13(12)18/h1-2,9,11H,3-8H2,(H,19,22). The summed E-state index contributed by atoms with van der Waals surface area (Å²) < 4.78 is 4.87. The Labute approximate surface area is 149 Å². The Bertz CT molecular complexity index is 575. The highest BCUT2D eigenvalue weighted by Crippen LogP contribution is 2.23. The second-order valence-corrected chi connectivity index (χ2v) is 6.38. The molecule has 0 bridgehead atoms. The summed E-state index contributed by atoms with van der Waals surface area (Å²) in [5.41, 5.74) is 0.395. The van der Waals surface area contributed by atoms with Gasteiger partial charge in [-0.15, -0.1) is 11.6 Å². The molecule has 0 aromatic heterocycles. The average Bonchev–Trinajstić information content (AvgIpc) is 2.55. The number of halogens is 3. The van der Waals surface area contributed by atoms with Gasteiger partial charge in [0.1, 0.15) is 6.61 Å². The van der Waals surface area contributed by atoms with Crippen molar-refractivity contribution in [1.29, 1.82) is 0 Å². The molecule has 0 unspecified atom stereocenters. The Kier molecular flexibility index (Phi) is 6.81. The minimum atomic E-state index is -0.478. The molecule has 1 aromatic carbocycles. The third kappa shape index (κ3) is 5.16. The van der Waals surface area contributed by atoms with Crippen molar-refractivity contribution in [2.75, 3.05) is 25.6 Å². The largest absolute Gasteiger partial charge is 0.448 e. The van der Waals surface area contributed by atoms with Crippen molar-refractivity contribution in [3.63, 3.8) is 0 Å². The van der Waals surface area contributed by atoms with E-state index in [-0.39, 0.29) is 24.4 Å². The second-order valence-electron chi connectivity index (χ2n) is 5.16. The van der Waals surface area contributed by atoms with Crippen LogP contribution in [-0.4, -0.2) is 48.5 Å². The van der Waals surface area contributed by atoms with E-state index in [0.29, 0.717) is 41.5 Å². The molecule has 1 aromatic rings. The van der Waals surface area contributed by atoms with Crippen LogP contribution in [0.25, 0.3) is 0 Å². The fourth-order valence-electron chi connectivity index (χ4n) is 2.40. The van der Waals surface area contributed by atoms with Crippen LogP contribution in [0.4, 0.5) is 4.79 Å². The lowest BCUT2D eigenvalue weighted by Gasteiger charge is -2.32. The number of likely N-dealkylation sites (tertiary alicyclic amines) is 1. The van der Waals surface area contributed by atoms with Gasteiger partial charge in [0.2, 0.25) is 0 Å². The van der Waals surface area contributed by atoms with Crippen molar-refractivity contribution in [2.24, 2.45) is 0 Å². The lowest BCUT2D eigenvalue weighted by molar-refractivity contribution is 0.0703. The summed E-state index contributed by atoms with van der Waals surface area (Å²) in [4.78, 5) is 25.7. The average molecular weight is 380 g/mol. The van der Waals surface area contributed by atoms with Gasteiger partial charge < -0.3 is 15.0 Å². The first-order chi connectivity index (χ1) is 11.0. The molecule has 5 nitrogen and oxygen atoms in total. The number of hydrogen-bond donors (Lipinski definition) is 1. The first-order valence-corrected chi connectivity index (χ1v) is 8.54. The van der Waals surface area contributed by atoms with Gasteiger partial charge in [-0.3, -0.25) is 4.79 Å². The quantitative estimate of drug-likeness (QED) is 0.814. The summed E-state index contributed by atoms with van der Waals surface area (Å²) in [5, 5.41) is 3.62. The van der Waals surface area contributed by atoms with Crippen molar-refractivity contribution in [3.8, 4) is 0 Å². The molecule has 0 atom stereocenters. The molecule has 1 fully saturated rings. The van der Waals surface area contributed by atoms with E-state index in [9.17, 15) is 9.59 Å². The first-order valence-electron chi connectivity index (χ1n) is 7.25. The second kappa shape index (κ2) is 8.62. The Morgan fingerprint density at radius 2 is 1.96 bits per heavy atom. The van der Waals surface area contributed by atoms with Crippen LogP contribution in [0.5, 0.6) is 0 Å². The van der Waals surface area contributed by atoms with Crippen molar-refractivity contribution in [2.45, 2.75) is 18.9 Å². The number of carbonyl (C=O) groups excluding carboxylic acids is 2. The van der Waals surface area contributed by atoms with E-state index >= 15 is 0 Å². The smallest absolute Gasteiger partial charge is 0.407 e. The highest BCUT2D eigenvalue weighted by atomic mass is 35.5. The fraction of sp³-hybridized carbons (Fsp3) is 0.467. The Morgan fingerprint density at radius 1 is 1.26 bits per heavy atom. The van der Waals surface area contributed by atoms with Crippen LogP contribution in [0.15, 0.2) is 18.2 Å². The van der Waals surface area contributed by atoms with E-state index < -0.39 is 6.09 Å². The van der Waals surface area contributed by atoms with Crippen LogP contribution in [0, 0.1) is 0 Å². The third-order valence-corrected chi connectivity index (χ3v) is 4.29. The molecule has 0 saturated carbocycles. The molecule has 0 spiro atoms. The number of benzene rings is 1. The summed E-state index contributed by atoms with van der Waals surface area (Å²) in [6.45, 7) is 1.24. The number of hydrogen-bond acceptors (Lipinski definition) is 3. The molecule has 8 heteroatoms. The maximum atomic E-state index is 12.5. The van der Waals surface area contributed by atoms with Gasteiger partial charge in [-0.1, -0.05) is 23.2 Å². The molecular formula is C15H17Cl3N2O3. The number of rotatable bonds is 4. The van der Waals surface area contributed by atoms with E-state index in [0.717, 1.165) is 0 Å². The first kappa shape index (κ1) is 18.2. The van der Waals surface area contributed by atoms with Gasteiger partial charge >= 0.3 is 6.09 Å². The maximum absolute atomic E-state index is 12.5. The molecule has 1 saturated heterocycles. The molecule has 126 valence electrons. The predicted molar refractivity (Wildman–Crippen MR) is 90.6 cm³/mol. The molecule has 1 heterocycles. The van der Waals surface area contributed by atoms with Gasteiger partial charge in [0, 0.05) is 24.2 Å². The number of carbonyl (C=O) groups is 2. The zero-order valence-corrected chi connectivity index (χ0v) is 14.6. The van der Waals surface area contributed by atoms with E-state index in [1.807, 2.05) is 0 Å². The van der Waals surface area contributed by atoms with E-state index in [1.165, 1.54) is 0 Å². The Balaban J connectivity index is 1.87. The van der Waals surface area contributed by atoms with E-state index in [1.54, 1.807) is 23.1 Å². The van der Waals surface area contributed by atoms with Gasteiger partial charge in [-0.2, -0.15) is 0 Å². The van der Waals surface area contributed by atoms with Crippen molar-refractivity contribution < 1.29 is 14.3 Å². The zero-order valence-electron chi connectivity index (χ0n) is 12.4. The van der Waals surface area contributed by atoms with Crippen LogP contribution < -0.4 is 5.32 Å². The fourth-order valence-corrected chi connectivity index (χ4v) is 2.85. The van der Waals surface area contributed by atoms with Gasteiger partial charge in [-0.05, 0) is 31.0 Å². The number of piperidine rings is 1. The van der Waals surface area contributed by atoms with Gasteiger partial charge in [0.25, 0.3) is 5.91 Å². The minimum absolute atomic E-state index is 0.0169. The number of nitrogens with one attached hydrogen (secondary N) is 1. The molecule has 0 aliphatic carbocycles. The number of nitrogens with zero attached hydrogens (tertiary/aromatic N) is 1. The predicted octanol–water partition coefficient (Wildman–Crippen LogP) is 3.56. The van der Waals surface area contributed by atoms with Crippen LogP contribution in [0.2, 0.25) is 10.0 Å². The van der Waals surface area contributed by atoms with Crippen LogP contribution in [0.1, 0.15) is 23.2 Å². The van der Waals surface area contributed by atoms with Crippen LogP contribution in [0.3, 0.4) is 0 Å². The molecular weight excluding hydrogens is 363 g/mol. The number of amides is 2. The highest BCUT2D eigenvalue weighted by Gasteiger charge is 2.26. The lowest BCUT2D eigenvalue weighted by Crippen LogP contribution is -2.46. The number of alkyl halides is 1. The maximum Gasteiger partial charge on any atom is 0.407 e. The molecule has 1 N–H and O–H groups in total. The zero-order chi connectivity index (χ0) is 16.8. The Hall–Kier alpha value is -1.17. The molecule has 1 aliphatic heterocycles. The third-order valence-electron chi connectivity index (χ3n) is 3.57. The van der Waals surface area contributed by atoms with E-state index in [4.69, 9.17) is 39.5 Å². The van der Waals surface area contributed by atoms with Gasteiger partial charge in [0.05, 0.1) is 16.5 Å². The van der Waals surface area contributed by atoms with Crippen molar-refractivity contribution >= 4 is 46.8 Å². The van der Waals surface area contributed by atoms with Crippen molar-refractivity contribution in [1.82, 2.24) is 10.2 Å². The van der Waals surface area contributed by atoms with E-state index in [2.05, 4.69) is 5.32 Å². The van der Waals surface area contributed by atoms with Gasteiger partial charge in [0.15, 0.2) is 0 Å². The summed E-state index contributed by atoms with van der Waals surface area (Å²) >= 11 is 17.4. The van der Waals surface area contributed by atoms with Crippen LogP contribution >= 0.6 is 34.8 Å². The van der Waals surface area contributed by atoms with Gasteiger partial charge in [-0.25, -0.2) is 4.79 Å². The molecule has 2 rings (SSSR count). The minimum Gasteiger partial charge on any atom is -0.448 e. The Morgan fingerprint density at radius 3 is 2.61 bits per heavy atom. The molecule has 2 amide bonds. The number of ether oxygens (including phenoxy) is 1. The summed E-state index contributed by atoms with van der Waals surface area (Å²) in [6, 6.07) is 4.80. The topological polar surface area (TPSA) is 58.6 Å². The normalized spacial score (nSPS) is 15.3. The van der Waals surface area contributed by atoms with Crippen LogP contribution in [-0.2, 0) is 4.74 Å². The summed E-state index contributed by atoms with van der Waals surface area (Å²) in [5.74, 6) is 0.112. The monoisotopic (exact) mass is 378 g/mol.